The van der Waals surface area contributed by atoms with Crippen molar-refractivity contribution in [2.45, 2.75) is 44.6 Å². The van der Waals surface area contributed by atoms with E-state index >= 15 is 0 Å². The maximum atomic E-state index is 14.2. The van der Waals surface area contributed by atoms with E-state index in [4.69, 9.17) is 9.47 Å². The van der Waals surface area contributed by atoms with Crippen LogP contribution in [0.3, 0.4) is 0 Å². The average molecular weight is 443 g/mol. The minimum Gasteiger partial charge on any atom is -0.462 e. The number of benzene rings is 1. The number of carbonyl (C=O) groups is 2. The zero-order valence-electron chi connectivity index (χ0n) is 15.8. The predicted molar refractivity (Wildman–Crippen MR) is 100 cm³/mol. The van der Waals surface area contributed by atoms with Crippen molar-refractivity contribution in [2.24, 2.45) is 0 Å². The third-order valence-electron chi connectivity index (χ3n) is 5.12. The van der Waals surface area contributed by atoms with Gasteiger partial charge in [0, 0.05) is 16.9 Å². The van der Waals surface area contributed by atoms with E-state index in [1.807, 2.05) is 0 Å². The maximum Gasteiger partial charge on any atom is 0.417 e. The number of halogens is 4. The normalized spacial score (nSPS) is 20.0. The molecule has 2 bridgehead atoms. The molecule has 2 atom stereocenters. The molecule has 160 valence electrons. The van der Waals surface area contributed by atoms with Crippen LogP contribution in [0.25, 0.3) is 0 Å². The smallest absolute Gasteiger partial charge is 0.417 e. The number of nitrogens with one attached hydrogen (secondary N) is 1. The molecule has 0 saturated carbocycles. The molecule has 1 N–H and O–H groups in total. The quantitative estimate of drug-likeness (QED) is 0.527. The second-order valence-corrected chi connectivity index (χ2v) is 8.11. The number of fused-ring (bicyclic) bond motifs is 4. The van der Waals surface area contributed by atoms with Gasteiger partial charge in [-0.25, -0.2) is 9.18 Å². The maximum absolute atomic E-state index is 14.2. The van der Waals surface area contributed by atoms with Gasteiger partial charge >= 0.3 is 12.1 Å². The molecule has 1 amide bonds. The zero-order valence-corrected chi connectivity index (χ0v) is 16.6. The predicted octanol–water partition coefficient (Wildman–Crippen LogP) is 5.11. The average Bonchev–Trinajstić information content (AvgIpc) is 3.22. The lowest BCUT2D eigenvalue weighted by Crippen LogP contribution is -2.22. The summed E-state index contributed by atoms with van der Waals surface area (Å²) in [6.07, 6.45) is -3.19. The molecule has 2 aliphatic rings. The van der Waals surface area contributed by atoms with Gasteiger partial charge in [0.25, 0.3) is 5.91 Å². The first kappa shape index (κ1) is 20.8. The molecule has 0 aliphatic carbocycles. The number of alkyl halides is 3. The van der Waals surface area contributed by atoms with Gasteiger partial charge in [0.05, 0.1) is 29.9 Å². The number of hydrogen-bond donors (Lipinski definition) is 1. The van der Waals surface area contributed by atoms with Crippen molar-refractivity contribution in [2.75, 3.05) is 11.9 Å². The van der Waals surface area contributed by atoms with Crippen molar-refractivity contribution in [3.05, 3.63) is 51.1 Å². The van der Waals surface area contributed by atoms with E-state index in [1.54, 1.807) is 6.92 Å². The van der Waals surface area contributed by atoms with E-state index in [0.717, 1.165) is 34.8 Å². The van der Waals surface area contributed by atoms with Gasteiger partial charge in [0.2, 0.25) is 0 Å². The number of carbonyl (C=O) groups excluding carboxylic acids is 2. The molecule has 0 radical (unpaired) electrons. The molecule has 4 rings (SSSR count). The largest absolute Gasteiger partial charge is 0.462 e. The summed E-state index contributed by atoms with van der Waals surface area (Å²) in [5.74, 6) is -3.29. The summed E-state index contributed by atoms with van der Waals surface area (Å²) in [4.78, 5) is 26.1. The van der Waals surface area contributed by atoms with Crippen molar-refractivity contribution < 1.29 is 36.6 Å². The van der Waals surface area contributed by atoms with E-state index in [0.29, 0.717) is 24.5 Å². The van der Waals surface area contributed by atoms with E-state index in [2.05, 4.69) is 5.32 Å². The Kier molecular flexibility index (Phi) is 5.31. The Morgan fingerprint density at radius 3 is 2.73 bits per heavy atom. The summed E-state index contributed by atoms with van der Waals surface area (Å²) >= 11 is 1.09. The minimum atomic E-state index is -4.92. The van der Waals surface area contributed by atoms with E-state index in [9.17, 15) is 27.2 Å². The second-order valence-electron chi connectivity index (χ2n) is 7.01. The molecule has 30 heavy (non-hydrogen) atoms. The van der Waals surface area contributed by atoms with E-state index in [1.165, 1.54) is 0 Å². The van der Waals surface area contributed by atoms with Gasteiger partial charge in [-0.3, -0.25) is 4.79 Å². The topological polar surface area (TPSA) is 64.6 Å². The first-order valence-corrected chi connectivity index (χ1v) is 10.2. The molecule has 3 heterocycles. The third-order valence-corrected chi connectivity index (χ3v) is 6.26. The van der Waals surface area contributed by atoms with Crippen LogP contribution in [0.1, 0.15) is 62.6 Å². The minimum absolute atomic E-state index is 0.00291. The molecule has 1 saturated heterocycles. The lowest BCUT2D eigenvalue weighted by molar-refractivity contribution is -0.138. The molecule has 2 unspecified atom stereocenters. The third kappa shape index (κ3) is 3.58. The molecular formula is C20H17F4NO4S. The standard InChI is InChI=1S/C20H17F4NO4S/c1-2-28-19(27)16-15-12-7-6-9(29-12)8-13(15)30-18(16)25-17(26)14-10(20(22,23)24)4-3-5-11(14)21/h3-5,9,12H,2,6-8H2,1H3,(H,25,26). The van der Waals surface area contributed by atoms with Crippen LogP contribution in [-0.4, -0.2) is 24.6 Å². The molecule has 2 aliphatic heterocycles. The first-order valence-electron chi connectivity index (χ1n) is 9.35. The SMILES string of the molecule is CCOC(=O)c1c(NC(=O)c2c(F)cccc2C(F)(F)F)sc2c1C1CCC(C2)O1. The van der Waals surface area contributed by atoms with Crippen LogP contribution in [-0.2, 0) is 22.1 Å². The van der Waals surface area contributed by atoms with Gasteiger partial charge in [-0.1, -0.05) is 6.07 Å². The Morgan fingerprint density at radius 2 is 2.03 bits per heavy atom. The van der Waals surface area contributed by atoms with Crippen molar-refractivity contribution >= 4 is 28.2 Å². The Hall–Kier alpha value is -2.46. The molecule has 0 spiro atoms. The fourth-order valence-corrected chi connectivity index (χ4v) is 5.21. The summed E-state index contributed by atoms with van der Waals surface area (Å²) in [7, 11) is 0. The van der Waals surface area contributed by atoms with Crippen LogP contribution >= 0.6 is 11.3 Å². The fourth-order valence-electron chi connectivity index (χ4n) is 3.91. The van der Waals surface area contributed by atoms with E-state index in [-0.39, 0.29) is 29.4 Å². The molecule has 1 aromatic heterocycles. The summed E-state index contributed by atoms with van der Waals surface area (Å²) in [5, 5.41) is 2.36. The van der Waals surface area contributed by atoms with E-state index < -0.39 is 35.0 Å². The molecule has 10 heteroatoms. The Labute approximate surface area is 173 Å². The van der Waals surface area contributed by atoms with Crippen LogP contribution in [0, 0.1) is 5.82 Å². The van der Waals surface area contributed by atoms with Gasteiger partial charge in [-0.05, 0) is 31.9 Å². The summed E-state index contributed by atoms with van der Waals surface area (Å²) in [6.45, 7) is 1.70. The fraction of sp³-hybridized carbons (Fsp3) is 0.400. The van der Waals surface area contributed by atoms with Crippen molar-refractivity contribution in [3.63, 3.8) is 0 Å². The van der Waals surface area contributed by atoms with Crippen LogP contribution in [0.5, 0.6) is 0 Å². The Balaban J connectivity index is 1.75. The van der Waals surface area contributed by atoms with Crippen molar-refractivity contribution in [3.8, 4) is 0 Å². The molecular weight excluding hydrogens is 426 g/mol. The number of thiophene rings is 1. The first-order chi connectivity index (χ1) is 14.2. The lowest BCUT2D eigenvalue weighted by Gasteiger charge is -2.21. The highest BCUT2D eigenvalue weighted by atomic mass is 32.1. The van der Waals surface area contributed by atoms with Gasteiger partial charge in [-0.2, -0.15) is 13.2 Å². The van der Waals surface area contributed by atoms with Crippen LogP contribution in [0.2, 0.25) is 0 Å². The van der Waals surface area contributed by atoms with Gasteiger partial charge in [-0.15, -0.1) is 11.3 Å². The highest BCUT2D eigenvalue weighted by molar-refractivity contribution is 7.17. The number of amides is 1. The van der Waals surface area contributed by atoms with Crippen LogP contribution in [0.15, 0.2) is 18.2 Å². The molecule has 1 aromatic carbocycles. The van der Waals surface area contributed by atoms with Crippen molar-refractivity contribution in [1.29, 1.82) is 0 Å². The Bertz CT molecular complexity index is 1020. The van der Waals surface area contributed by atoms with Crippen LogP contribution in [0.4, 0.5) is 22.6 Å². The highest BCUT2D eigenvalue weighted by Crippen LogP contribution is 2.49. The molecule has 2 aromatic rings. The van der Waals surface area contributed by atoms with Gasteiger partial charge in [0.15, 0.2) is 0 Å². The Morgan fingerprint density at radius 1 is 1.27 bits per heavy atom. The lowest BCUT2D eigenvalue weighted by atomic mass is 10.0. The van der Waals surface area contributed by atoms with Crippen LogP contribution < -0.4 is 5.32 Å². The number of ether oxygens (including phenoxy) is 2. The number of hydrogen-bond acceptors (Lipinski definition) is 5. The molecule has 5 nitrogen and oxygen atoms in total. The summed E-state index contributed by atoms with van der Waals surface area (Å²) in [6, 6.07) is 2.30. The number of anilines is 1. The number of esters is 1. The highest BCUT2D eigenvalue weighted by Gasteiger charge is 2.41. The second kappa shape index (κ2) is 7.66. The van der Waals surface area contributed by atoms with Gasteiger partial charge in [0.1, 0.15) is 16.4 Å². The number of rotatable bonds is 4. The van der Waals surface area contributed by atoms with Crippen molar-refractivity contribution in [1.82, 2.24) is 0 Å². The summed E-state index contributed by atoms with van der Waals surface area (Å²) in [5.41, 5.74) is -1.84. The monoisotopic (exact) mass is 443 g/mol. The zero-order chi connectivity index (χ0) is 21.6. The molecule has 1 fully saturated rings. The summed E-state index contributed by atoms with van der Waals surface area (Å²) < 4.78 is 65.0. The van der Waals surface area contributed by atoms with Gasteiger partial charge < -0.3 is 14.8 Å².